The number of hydrogen-bond acceptors (Lipinski definition) is 3. The Morgan fingerprint density at radius 1 is 1.31 bits per heavy atom. The van der Waals surface area contributed by atoms with Gasteiger partial charge in [-0.25, -0.2) is 0 Å². The van der Waals surface area contributed by atoms with Crippen molar-refractivity contribution < 1.29 is 9.53 Å². The zero-order chi connectivity index (χ0) is 12.3. The van der Waals surface area contributed by atoms with E-state index in [4.69, 9.17) is 5.73 Å². The number of hydrogen-bond donors (Lipinski definition) is 1. The van der Waals surface area contributed by atoms with Crippen LogP contribution in [0.5, 0.6) is 0 Å². The van der Waals surface area contributed by atoms with E-state index < -0.39 is 6.04 Å². The van der Waals surface area contributed by atoms with Crippen LogP contribution < -0.4 is 5.73 Å². The van der Waals surface area contributed by atoms with Gasteiger partial charge < -0.3 is 10.5 Å². The van der Waals surface area contributed by atoms with E-state index in [1.807, 2.05) is 13.8 Å². The molecular weight excluding hydrogens is 202 g/mol. The Bertz CT molecular complexity index is 376. The third-order valence-corrected chi connectivity index (χ3v) is 2.77. The lowest BCUT2D eigenvalue weighted by atomic mass is 9.95. The largest absolute Gasteiger partial charge is 0.468 e. The van der Waals surface area contributed by atoms with E-state index in [0.717, 1.165) is 5.56 Å². The SMILES string of the molecule is COC(=O)C(N)Cc1c(C)cc(C)cc1C. The third kappa shape index (κ3) is 2.83. The summed E-state index contributed by atoms with van der Waals surface area (Å²) in [4.78, 5) is 11.3. The number of rotatable bonds is 3. The number of aryl methyl sites for hydroxylation is 3. The molecule has 0 aliphatic carbocycles. The summed E-state index contributed by atoms with van der Waals surface area (Å²) in [7, 11) is 1.36. The molecule has 3 nitrogen and oxygen atoms in total. The molecule has 1 unspecified atom stereocenters. The van der Waals surface area contributed by atoms with Crippen LogP contribution in [-0.4, -0.2) is 19.1 Å². The van der Waals surface area contributed by atoms with Crippen LogP contribution in [0.4, 0.5) is 0 Å². The number of methoxy groups -OCH3 is 1. The fourth-order valence-electron chi connectivity index (χ4n) is 1.99. The molecule has 0 spiro atoms. The molecule has 2 N–H and O–H groups in total. The Kier molecular flexibility index (Phi) is 4.07. The van der Waals surface area contributed by atoms with Gasteiger partial charge in [0.05, 0.1) is 7.11 Å². The molecule has 0 bridgehead atoms. The van der Waals surface area contributed by atoms with Crippen LogP contribution in [0, 0.1) is 20.8 Å². The average Bonchev–Trinajstić information content (AvgIpc) is 2.21. The summed E-state index contributed by atoms with van der Waals surface area (Å²) < 4.78 is 4.62. The molecule has 0 aliphatic heterocycles. The maximum Gasteiger partial charge on any atom is 0.322 e. The molecule has 0 amide bonds. The van der Waals surface area contributed by atoms with Crippen molar-refractivity contribution in [3.63, 3.8) is 0 Å². The number of esters is 1. The van der Waals surface area contributed by atoms with Crippen molar-refractivity contribution in [1.29, 1.82) is 0 Å². The summed E-state index contributed by atoms with van der Waals surface area (Å²) in [5, 5.41) is 0. The van der Waals surface area contributed by atoms with Crippen LogP contribution in [0.25, 0.3) is 0 Å². The number of carbonyl (C=O) groups excluding carboxylic acids is 1. The van der Waals surface area contributed by atoms with Crippen molar-refractivity contribution in [1.82, 2.24) is 0 Å². The average molecular weight is 221 g/mol. The fourth-order valence-corrected chi connectivity index (χ4v) is 1.99. The van der Waals surface area contributed by atoms with Crippen molar-refractivity contribution in [2.45, 2.75) is 33.2 Å². The van der Waals surface area contributed by atoms with Crippen LogP contribution in [0.2, 0.25) is 0 Å². The van der Waals surface area contributed by atoms with E-state index in [9.17, 15) is 4.79 Å². The van der Waals surface area contributed by atoms with E-state index in [1.165, 1.54) is 23.8 Å². The van der Waals surface area contributed by atoms with Gasteiger partial charge in [0.25, 0.3) is 0 Å². The van der Waals surface area contributed by atoms with Crippen LogP contribution in [-0.2, 0) is 16.0 Å². The molecule has 0 saturated heterocycles. The van der Waals surface area contributed by atoms with Crippen LogP contribution in [0.15, 0.2) is 12.1 Å². The third-order valence-electron chi connectivity index (χ3n) is 2.77. The molecule has 3 heteroatoms. The highest BCUT2D eigenvalue weighted by molar-refractivity contribution is 5.75. The van der Waals surface area contributed by atoms with E-state index in [1.54, 1.807) is 0 Å². The van der Waals surface area contributed by atoms with E-state index in [0.29, 0.717) is 6.42 Å². The summed E-state index contributed by atoms with van der Waals surface area (Å²) in [5.41, 5.74) is 10.5. The van der Waals surface area contributed by atoms with Gasteiger partial charge in [-0.15, -0.1) is 0 Å². The van der Waals surface area contributed by atoms with Gasteiger partial charge in [-0.3, -0.25) is 4.79 Å². The first-order chi connectivity index (χ1) is 7.45. The van der Waals surface area contributed by atoms with Gasteiger partial charge in [-0.1, -0.05) is 17.7 Å². The molecule has 16 heavy (non-hydrogen) atoms. The lowest BCUT2D eigenvalue weighted by Gasteiger charge is -2.14. The summed E-state index contributed by atoms with van der Waals surface area (Å²) in [6.45, 7) is 6.14. The monoisotopic (exact) mass is 221 g/mol. The molecule has 88 valence electrons. The van der Waals surface area contributed by atoms with E-state index >= 15 is 0 Å². The van der Waals surface area contributed by atoms with Gasteiger partial charge in [0.15, 0.2) is 0 Å². The summed E-state index contributed by atoms with van der Waals surface area (Å²) in [5.74, 6) is -0.362. The number of benzene rings is 1. The second kappa shape index (κ2) is 5.12. The zero-order valence-electron chi connectivity index (χ0n) is 10.3. The van der Waals surface area contributed by atoms with E-state index in [2.05, 4.69) is 23.8 Å². The summed E-state index contributed by atoms with van der Waals surface area (Å²) in [6.07, 6.45) is 0.532. The number of nitrogens with two attached hydrogens (primary N) is 1. The van der Waals surface area contributed by atoms with Crippen LogP contribution in [0.1, 0.15) is 22.3 Å². The first kappa shape index (κ1) is 12.7. The first-order valence-corrected chi connectivity index (χ1v) is 5.36. The molecule has 0 fully saturated rings. The summed E-state index contributed by atoms with van der Waals surface area (Å²) >= 11 is 0. The Morgan fingerprint density at radius 2 is 1.81 bits per heavy atom. The second-order valence-corrected chi connectivity index (χ2v) is 4.21. The molecular formula is C13H19NO2. The first-order valence-electron chi connectivity index (χ1n) is 5.36. The Balaban J connectivity index is 2.93. The van der Waals surface area contributed by atoms with Crippen molar-refractivity contribution in [3.05, 3.63) is 34.4 Å². The van der Waals surface area contributed by atoms with Gasteiger partial charge in [-0.05, 0) is 43.9 Å². The van der Waals surface area contributed by atoms with E-state index in [-0.39, 0.29) is 5.97 Å². The van der Waals surface area contributed by atoms with Gasteiger partial charge in [0.2, 0.25) is 0 Å². The van der Waals surface area contributed by atoms with Crippen molar-refractivity contribution in [2.24, 2.45) is 5.73 Å². The van der Waals surface area contributed by atoms with Gasteiger partial charge in [0.1, 0.15) is 6.04 Å². The highest BCUT2D eigenvalue weighted by Crippen LogP contribution is 2.17. The van der Waals surface area contributed by atoms with Crippen molar-refractivity contribution in [2.75, 3.05) is 7.11 Å². The molecule has 1 aromatic rings. The molecule has 1 atom stereocenters. The van der Waals surface area contributed by atoms with Gasteiger partial charge >= 0.3 is 5.97 Å². The standard InChI is InChI=1S/C13H19NO2/c1-8-5-9(2)11(10(3)6-8)7-12(14)13(15)16-4/h5-6,12H,7,14H2,1-4H3. The second-order valence-electron chi connectivity index (χ2n) is 4.21. The Hall–Kier alpha value is -1.35. The molecule has 0 aliphatic rings. The Labute approximate surface area is 96.6 Å². The van der Waals surface area contributed by atoms with Crippen LogP contribution >= 0.6 is 0 Å². The summed E-state index contributed by atoms with van der Waals surface area (Å²) in [6, 6.07) is 3.63. The topological polar surface area (TPSA) is 52.3 Å². The van der Waals surface area contributed by atoms with Crippen LogP contribution in [0.3, 0.4) is 0 Å². The lowest BCUT2D eigenvalue weighted by Crippen LogP contribution is -2.34. The van der Waals surface area contributed by atoms with Crippen molar-refractivity contribution in [3.8, 4) is 0 Å². The highest BCUT2D eigenvalue weighted by Gasteiger charge is 2.16. The zero-order valence-corrected chi connectivity index (χ0v) is 10.3. The molecule has 0 saturated carbocycles. The fraction of sp³-hybridized carbons (Fsp3) is 0.462. The quantitative estimate of drug-likeness (QED) is 0.790. The smallest absolute Gasteiger partial charge is 0.322 e. The normalized spacial score (nSPS) is 12.3. The predicted octanol–water partition coefficient (Wildman–Crippen LogP) is 1.65. The maximum atomic E-state index is 11.3. The van der Waals surface area contributed by atoms with Crippen molar-refractivity contribution >= 4 is 5.97 Å². The molecule has 0 heterocycles. The number of ether oxygens (including phenoxy) is 1. The van der Waals surface area contributed by atoms with Gasteiger partial charge in [-0.2, -0.15) is 0 Å². The minimum Gasteiger partial charge on any atom is -0.468 e. The molecule has 0 radical (unpaired) electrons. The Morgan fingerprint density at radius 3 is 2.25 bits per heavy atom. The minimum atomic E-state index is -0.579. The molecule has 0 aromatic heterocycles. The predicted molar refractivity (Wildman–Crippen MR) is 64.3 cm³/mol. The highest BCUT2D eigenvalue weighted by atomic mass is 16.5. The van der Waals surface area contributed by atoms with Gasteiger partial charge in [0, 0.05) is 0 Å². The number of carbonyl (C=O) groups is 1. The minimum absolute atomic E-state index is 0.362. The molecule has 1 aromatic carbocycles. The lowest BCUT2D eigenvalue weighted by molar-refractivity contribution is -0.142. The maximum absolute atomic E-state index is 11.3. The molecule has 1 rings (SSSR count).